The largest absolute Gasteiger partial charge is 0.463 e. The lowest BCUT2D eigenvalue weighted by Crippen LogP contribution is -2.23. The van der Waals surface area contributed by atoms with Gasteiger partial charge in [0.25, 0.3) is 0 Å². The highest BCUT2D eigenvalue weighted by Crippen LogP contribution is 2.27. The average Bonchev–Trinajstić information content (AvgIpc) is 3.05. The van der Waals surface area contributed by atoms with Crippen molar-refractivity contribution < 1.29 is 19.1 Å². The first-order valence-electron chi connectivity index (χ1n) is 8.15. The van der Waals surface area contributed by atoms with Gasteiger partial charge in [0.1, 0.15) is 0 Å². The van der Waals surface area contributed by atoms with E-state index in [1.165, 1.54) is 0 Å². The maximum atomic E-state index is 12.7. The molecule has 0 spiro atoms. The second kappa shape index (κ2) is 6.88. The zero-order valence-electron chi connectivity index (χ0n) is 13.6. The van der Waals surface area contributed by atoms with Crippen molar-refractivity contribution in [3.63, 3.8) is 0 Å². The summed E-state index contributed by atoms with van der Waals surface area (Å²) < 4.78 is 11.2. The fourth-order valence-corrected chi connectivity index (χ4v) is 3.32. The average molecular weight is 412 g/mol. The van der Waals surface area contributed by atoms with Crippen molar-refractivity contribution in [1.82, 2.24) is 4.98 Å². The number of benzene rings is 2. The molecule has 4 rings (SSSR count). The summed E-state index contributed by atoms with van der Waals surface area (Å²) in [4.78, 5) is 29.0. The molecule has 1 fully saturated rings. The van der Waals surface area contributed by atoms with E-state index in [1.54, 1.807) is 6.07 Å². The fourth-order valence-electron chi connectivity index (χ4n) is 2.92. The van der Waals surface area contributed by atoms with Crippen LogP contribution in [0.4, 0.5) is 0 Å². The second-order valence-electron chi connectivity index (χ2n) is 5.93. The number of hydrogen-bond acceptors (Lipinski definition) is 5. The van der Waals surface area contributed by atoms with Crippen LogP contribution < -0.4 is 0 Å². The van der Waals surface area contributed by atoms with Crippen LogP contribution in [-0.4, -0.2) is 29.6 Å². The van der Waals surface area contributed by atoms with Crippen molar-refractivity contribution in [2.24, 2.45) is 0 Å². The molecule has 0 saturated carbocycles. The van der Waals surface area contributed by atoms with Crippen LogP contribution in [0.25, 0.3) is 22.2 Å². The van der Waals surface area contributed by atoms with Crippen LogP contribution in [0, 0.1) is 0 Å². The summed E-state index contributed by atoms with van der Waals surface area (Å²) in [6.07, 6.45) is -0.463. The number of para-hydroxylation sites is 1. The van der Waals surface area contributed by atoms with Crippen LogP contribution in [0.5, 0.6) is 0 Å². The van der Waals surface area contributed by atoms with E-state index in [0.717, 1.165) is 10.0 Å². The Balaban J connectivity index is 1.79. The lowest BCUT2D eigenvalue weighted by Gasteiger charge is -2.12. The molecule has 1 aromatic heterocycles. The van der Waals surface area contributed by atoms with Gasteiger partial charge in [-0.2, -0.15) is 0 Å². The number of aromatic nitrogens is 1. The molecule has 0 radical (unpaired) electrons. The first-order valence-corrected chi connectivity index (χ1v) is 8.94. The molecule has 0 N–H and O–H groups in total. The SMILES string of the molecule is O=C(O[C@H]1CCOC1=O)c1cc(-c2cccc(Br)c2)nc2ccccc12. The summed E-state index contributed by atoms with van der Waals surface area (Å²) in [6, 6.07) is 16.7. The van der Waals surface area contributed by atoms with Crippen molar-refractivity contribution in [1.29, 1.82) is 0 Å². The number of cyclic esters (lactones) is 1. The standard InChI is InChI=1S/C20H14BrNO4/c21-13-5-3-4-12(10-13)17-11-15(14-6-1-2-7-16(14)22-17)19(23)26-18-8-9-25-20(18)24/h1-7,10-11,18H,8-9H2/t18-/m0/s1. The van der Waals surface area contributed by atoms with Gasteiger partial charge < -0.3 is 9.47 Å². The second-order valence-corrected chi connectivity index (χ2v) is 6.85. The molecule has 130 valence electrons. The van der Waals surface area contributed by atoms with Crippen molar-refractivity contribution in [3.05, 3.63) is 64.6 Å². The smallest absolute Gasteiger partial charge is 0.347 e. The molecule has 1 saturated heterocycles. The number of pyridine rings is 1. The van der Waals surface area contributed by atoms with Crippen molar-refractivity contribution in [2.75, 3.05) is 6.61 Å². The summed E-state index contributed by atoms with van der Waals surface area (Å²) in [5.41, 5.74) is 2.60. The van der Waals surface area contributed by atoms with Gasteiger partial charge in [-0.1, -0.05) is 46.3 Å². The number of esters is 2. The number of ether oxygens (including phenoxy) is 2. The number of fused-ring (bicyclic) bond motifs is 1. The van der Waals surface area contributed by atoms with Gasteiger partial charge in [-0.3, -0.25) is 0 Å². The van der Waals surface area contributed by atoms with E-state index in [0.29, 0.717) is 28.6 Å². The van der Waals surface area contributed by atoms with Crippen LogP contribution >= 0.6 is 15.9 Å². The third kappa shape index (κ3) is 3.20. The van der Waals surface area contributed by atoms with E-state index >= 15 is 0 Å². The van der Waals surface area contributed by atoms with Gasteiger partial charge in [-0.25, -0.2) is 14.6 Å². The Kier molecular flexibility index (Phi) is 4.42. The number of carbonyl (C=O) groups excluding carboxylic acids is 2. The lowest BCUT2D eigenvalue weighted by atomic mass is 10.0. The minimum Gasteiger partial charge on any atom is -0.463 e. The molecule has 0 bridgehead atoms. The molecule has 1 aliphatic rings. The summed E-state index contributed by atoms with van der Waals surface area (Å²) in [7, 11) is 0. The Morgan fingerprint density at radius 3 is 2.77 bits per heavy atom. The van der Waals surface area contributed by atoms with E-state index < -0.39 is 18.0 Å². The monoisotopic (exact) mass is 411 g/mol. The molecule has 1 aliphatic heterocycles. The highest BCUT2D eigenvalue weighted by atomic mass is 79.9. The highest BCUT2D eigenvalue weighted by Gasteiger charge is 2.31. The molecule has 6 heteroatoms. The number of hydrogen-bond donors (Lipinski definition) is 0. The van der Waals surface area contributed by atoms with Gasteiger partial charge in [0.2, 0.25) is 6.10 Å². The molecule has 0 aliphatic carbocycles. The molecule has 0 unspecified atom stereocenters. The maximum Gasteiger partial charge on any atom is 0.347 e. The van der Waals surface area contributed by atoms with E-state index in [9.17, 15) is 9.59 Å². The van der Waals surface area contributed by atoms with E-state index in [2.05, 4.69) is 20.9 Å². The summed E-state index contributed by atoms with van der Waals surface area (Å²) in [5, 5.41) is 0.683. The number of carbonyl (C=O) groups is 2. The van der Waals surface area contributed by atoms with Crippen molar-refractivity contribution in [3.8, 4) is 11.3 Å². The maximum absolute atomic E-state index is 12.7. The fraction of sp³-hybridized carbons (Fsp3) is 0.150. The summed E-state index contributed by atoms with van der Waals surface area (Å²) in [5.74, 6) is -1.05. The number of rotatable bonds is 3. The van der Waals surface area contributed by atoms with Crippen LogP contribution in [-0.2, 0) is 14.3 Å². The van der Waals surface area contributed by atoms with Crippen LogP contribution in [0.2, 0.25) is 0 Å². The molecule has 2 aromatic carbocycles. The van der Waals surface area contributed by atoms with Crippen molar-refractivity contribution >= 4 is 38.8 Å². The molecule has 3 aromatic rings. The molecule has 5 nitrogen and oxygen atoms in total. The number of halogens is 1. The molecule has 26 heavy (non-hydrogen) atoms. The third-order valence-electron chi connectivity index (χ3n) is 4.19. The first-order chi connectivity index (χ1) is 12.6. The van der Waals surface area contributed by atoms with Gasteiger partial charge in [0, 0.05) is 21.8 Å². The predicted octanol–water partition coefficient (Wildman–Crippen LogP) is 4.14. The van der Waals surface area contributed by atoms with Gasteiger partial charge >= 0.3 is 11.9 Å². The highest BCUT2D eigenvalue weighted by molar-refractivity contribution is 9.10. The van der Waals surface area contributed by atoms with E-state index in [4.69, 9.17) is 9.47 Å². The third-order valence-corrected chi connectivity index (χ3v) is 4.69. The first kappa shape index (κ1) is 16.7. The van der Waals surface area contributed by atoms with Crippen LogP contribution in [0.1, 0.15) is 16.8 Å². The normalized spacial score (nSPS) is 16.5. The minimum absolute atomic E-state index is 0.275. The Bertz CT molecular complexity index is 1020. The van der Waals surface area contributed by atoms with Crippen molar-refractivity contribution in [2.45, 2.75) is 12.5 Å². The summed E-state index contributed by atoms with van der Waals surface area (Å²) >= 11 is 3.45. The van der Waals surface area contributed by atoms with E-state index in [-0.39, 0.29) is 6.61 Å². The minimum atomic E-state index is -0.844. The van der Waals surface area contributed by atoms with E-state index in [1.807, 2.05) is 48.5 Å². The Labute approximate surface area is 158 Å². The predicted molar refractivity (Wildman–Crippen MR) is 99.7 cm³/mol. The Hall–Kier alpha value is -2.73. The lowest BCUT2D eigenvalue weighted by molar-refractivity contribution is -0.145. The zero-order chi connectivity index (χ0) is 18.1. The van der Waals surface area contributed by atoms with Gasteiger partial charge in [-0.15, -0.1) is 0 Å². The van der Waals surface area contributed by atoms with Crippen LogP contribution in [0.3, 0.4) is 0 Å². The molecular weight excluding hydrogens is 398 g/mol. The Morgan fingerprint density at radius 1 is 1.15 bits per heavy atom. The summed E-state index contributed by atoms with van der Waals surface area (Å²) in [6.45, 7) is 0.275. The van der Waals surface area contributed by atoms with Gasteiger partial charge in [-0.05, 0) is 24.3 Å². The number of nitrogens with zero attached hydrogens (tertiary/aromatic N) is 1. The van der Waals surface area contributed by atoms with Gasteiger partial charge in [0.05, 0.1) is 23.4 Å². The quantitative estimate of drug-likeness (QED) is 0.606. The molecule has 0 amide bonds. The zero-order valence-corrected chi connectivity index (χ0v) is 15.2. The molecule has 1 atom stereocenters. The van der Waals surface area contributed by atoms with Crippen LogP contribution in [0.15, 0.2) is 59.1 Å². The van der Waals surface area contributed by atoms with Gasteiger partial charge in [0.15, 0.2) is 0 Å². The molecule has 2 heterocycles. The Morgan fingerprint density at radius 2 is 2.00 bits per heavy atom. The molecular formula is C20H14BrNO4. The topological polar surface area (TPSA) is 65.5 Å².